The average molecular weight is 457 g/mol. The van der Waals surface area contributed by atoms with E-state index in [1.165, 1.54) is 5.56 Å². The van der Waals surface area contributed by atoms with Crippen molar-refractivity contribution in [1.29, 1.82) is 0 Å². The Balaban J connectivity index is 1.33. The number of ether oxygens (including phenoxy) is 2. The number of fused-ring (bicyclic) bond motifs is 1. The van der Waals surface area contributed by atoms with Crippen molar-refractivity contribution < 1.29 is 9.47 Å². The molecule has 0 bridgehead atoms. The predicted molar refractivity (Wildman–Crippen MR) is 133 cm³/mol. The van der Waals surface area contributed by atoms with Crippen molar-refractivity contribution >= 4 is 22.7 Å². The summed E-state index contributed by atoms with van der Waals surface area (Å²) in [5, 5.41) is 0.947. The first-order valence-electron chi connectivity index (χ1n) is 11.4. The number of benzene rings is 2. The Bertz CT molecular complexity index is 1270. The Hall–Kier alpha value is -3.94. The van der Waals surface area contributed by atoms with Crippen molar-refractivity contribution in [3.63, 3.8) is 0 Å². The second-order valence-electron chi connectivity index (χ2n) is 8.46. The number of anilines is 2. The third-order valence-corrected chi connectivity index (χ3v) is 6.25. The Morgan fingerprint density at radius 3 is 2.32 bits per heavy atom. The zero-order valence-corrected chi connectivity index (χ0v) is 19.7. The van der Waals surface area contributed by atoms with Gasteiger partial charge in [0.25, 0.3) is 0 Å². The molecule has 3 heterocycles. The van der Waals surface area contributed by atoms with Crippen LogP contribution in [0.25, 0.3) is 10.9 Å². The summed E-state index contributed by atoms with van der Waals surface area (Å²) in [5.41, 5.74) is 3.19. The third kappa shape index (κ3) is 4.31. The van der Waals surface area contributed by atoms with Crippen molar-refractivity contribution in [3.8, 4) is 11.5 Å². The zero-order chi connectivity index (χ0) is 23.5. The second kappa shape index (κ2) is 9.51. The Morgan fingerprint density at radius 1 is 0.882 bits per heavy atom. The van der Waals surface area contributed by atoms with E-state index in [1.54, 1.807) is 20.5 Å². The first-order valence-corrected chi connectivity index (χ1v) is 11.4. The SMILES string of the molecule is COc1cc2ncnc(N3CCN(c4ncc(Cc5ccccc5)cn4)[C@H](C)C3)c2cc1OC. The largest absolute Gasteiger partial charge is 0.493 e. The van der Waals surface area contributed by atoms with Crippen LogP contribution in [0.2, 0.25) is 0 Å². The number of hydrogen-bond donors (Lipinski definition) is 0. The maximum atomic E-state index is 5.51. The molecule has 0 saturated carbocycles. The highest BCUT2D eigenvalue weighted by atomic mass is 16.5. The summed E-state index contributed by atoms with van der Waals surface area (Å²) in [6.07, 6.45) is 6.31. The molecule has 0 spiro atoms. The molecule has 1 fully saturated rings. The molecule has 2 aromatic heterocycles. The smallest absolute Gasteiger partial charge is 0.225 e. The molecule has 1 aliphatic rings. The fourth-order valence-electron chi connectivity index (χ4n) is 4.49. The molecule has 8 nitrogen and oxygen atoms in total. The number of nitrogens with zero attached hydrogens (tertiary/aromatic N) is 6. The third-order valence-electron chi connectivity index (χ3n) is 6.25. The van der Waals surface area contributed by atoms with Gasteiger partial charge in [-0.1, -0.05) is 30.3 Å². The van der Waals surface area contributed by atoms with Gasteiger partial charge < -0.3 is 19.3 Å². The molecular weight excluding hydrogens is 428 g/mol. The normalized spacial score (nSPS) is 16.0. The number of rotatable bonds is 6. The molecule has 0 aliphatic carbocycles. The van der Waals surface area contributed by atoms with Crippen LogP contribution < -0.4 is 19.3 Å². The molecule has 4 aromatic rings. The molecule has 5 rings (SSSR count). The molecule has 0 unspecified atom stereocenters. The monoisotopic (exact) mass is 456 g/mol. The van der Waals surface area contributed by atoms with Crippen LogP contribution in [0.5, 0.6) is 11.5 Å². The molecular formula is C26H28N6O2. The number of hydrogen-bond acceptors (Lipinski definition) is 8. The maximum Gasteiger partial charge on any atom is 0.225 e. The van der Waals surface area contributed by atoms with Crippen LogP contribution in [0.15, 0.2) is 61.2 Å². The van der Waals surface area contributed by atoms with Gasteiger partial charge in [-0.3, -0.25) is 0 Å². The highest BCUT2D eigenvalue weighted by Gasteiger charge is 2.27. The average Bonchev–Trinajstić information content (AvgIpc) is 2.88. The van der Waals surface area contributed by atoms with Crippen molar-refractivity contribution in [1.82, 2.24) is 19.9 Å². The van der Waals surface area contributed by atoms with Gasteiger partial charge in [0.15, 0.2) is 11.5 Å². The van der Waals surface area contributed by atoms with Crippen molar-refractivity contribution in [2.45, 2.75) is 19.4 Å². The van der Waals surface area contributed by atoms with Crippen LogP contribution in [-0.4, -0.2) is 59.8 Å². The predicted octanol–water partition coefficient (Wildman–Crippen LogP) is 3.74. The fraction of sp³-hybridized carbons (Fsp3) is 0.308. The summed E-state index contributed by atoms with van der Waals surface area (Å²) in [5.74, 6) is 2.99. The Labute approximate surface area is 199 Å². The molecule has 1 aliphatic heterocycles. The molecule has 2 aromatic carbocycles. The van der Waals surface area contributed by atoms with Crippen LogP contribution in [0.1, 0.15) is 18.1 Å². The molecule has 1 atom stereocenters. The summed E-state index contributed by atoms with van der Waals surface area (Å²) >= 11 is 0. The molecule has 34 heavy (non-hydrogen) atoms. The van der Waals surface area contributed by atoms with E-state index in [1.807, 2.05) is 30.6 Å². The second-order valence-corrected chi connectivity index (χ2v) is 8.46. The number of piperazine rings is 1. The molecule has 0 radical (unpaired) electrons. The van der Waals surface area contributed by atoms with Gasteiger partial charge >= 0.3 is 0 Å². The van der Waals surface area contributed by atoms with Crippen LogP contribution in [0, 0.1) is 0 Å². The summed E-state index contributed by atoms with van der Waals surface area (Å²) in [4.78, 5) is 23.0. The molecule has 174 valence electrons. The van der Waals surface area contributed by atoms with Crippen molar-refractivity contribution in [2.24, 2.45) is 0 Å². The zero-order valence-electron chi connectivity index (χ0n) is 19.7. The quantitative estimate of drug-likeness (QED) is 0.434. The Kier molecular flexibility index (Phi) is 6.12. The maximum absolute atomic E-state index is 5.51. The minimum absolute atomic E-state index is 0.221. The van der Waals surface area contributed by atoms with Crippen molar-refractivity contribution in [2.75, 3.05) is 43.7 Å². The summed E-state index contributed by atoms with van der Waals surface area (Å²) < 4.78 is 10.9. The minimum Gasteiger partial charge on any atom is -0.493 e. The summed E-state index contributed by atoms with van der Waals surface area (Å²) in [7, 11) is 3.27. The minimum atomic E-state index is 0.221. The standard InChI is InChI=1S/C26H28N6O2/c1-18-16-31(25-21-12-23(33-2)24(34-3)13-22(21)29-17-30-25)9-10-32(18)26-27-14-20(15-28-26)11-19-7-5-4-6-8-19/h4-8,12-15,17-18H,9-11,16H2,1-3H3/t18-/m1/s1. The molecule has 0 amide bonds. The molecule has 8 heteroatoms. The first-order chi connectivity index (χ1) is 16.7. The topological polar surface area (TPSA) is 76.5 Å². The van der Waals surface area contributed by atoms with Crippen LogP contribution in [0.3, 0.4) is 0 Å². The van der Waals surface area contributed by atoms with E-state index in [0.717, 1.165) is 54.3 Å². The van der Waals surface area contributed by atoms with E-state index in [9.17, 15) is 0 Å². The van der Waals surface area contributed by atoms with E-state index < -0.39 is 0 Å². The number of methoxy groups -OCH3 is 2. The van der Waals surface area contributed by atoms with Gasteiger partial charge in [-0.05, 0) is 24.1 Å². The van der Waals surface area contributed by atoms with Gasteiger partial charge in [-0.25, -0.2) is 19.9 Å². The lowest BCUT2D eigenvalue weighted by Gasteiger charge is -2.40. The van der Waals surface area contributed by atoms with Gasteiger partial charge in [0.2, 0.25) is 5.95 Å². The van der Waals surface area contributed by atoms with Crippen LogP contribution >= 0.6 is 0 Å². The van der Waals surface area contributed by atoms with Gasteiger partial charge in [-0.15, -0.1) is 0 Å². The summed E-state index contributed by atoms with van der Waals surface area (Å²) in [6.45, 7) is 4.61. The highest BCUT2D eigenvalue weighted by molar-refractivity contribution is 5.92. The van der Waals surface area contributed by atoms with Gasteiger partial charge in [0.1, 0.15) is 12.1 Å². The lowest BCUT2D eigenvalue weighted by molar-refractivity contribution is 0.356. The van der Waals surface area contributed by atoms with Crippen LogP contribution in [-0.2, 0) is 6.42 Å². The van der Waals surface area contributed by atoms with Gasteiger partial charge in [0.05, 0.1) is 19.7 Å². The van der Waals surface area contributed by atoms with E-state index in [2.05, 4.69) is 60.9 Å². The fourth-order valence-corrected chi connectivity index (χ4v) is 4.49. The van der Waals surface area contributed by atoms with E-state index in [0.29, 0.717) is 11.5 Å². The van der Waals surface area contributed by atoms with Gasteiger partial charge in [0, 0.05) is 55.9 Å². The lowest BCUT2D eigenvalue weighted by atomic mass is 10.1. The highest BCUT2D eigenvalue weighted by Crippen LogP contribution is 2.35. The van der Waals surface area contributed by atoms with Crippen molar-refractivity contribution in [3.05, 3.63) is 72.3 Å². The van der Waals surface area contributed by atoms with E-state index >= 15 is 0 Å². The summed E-state index contributed by atoms with van der Waals surface area (Å²) in [6, 6.07) is 14.5. The Morgan fingerprint density at radius 2 is 1.62 bits per heavy atom. The lowest BCUT2D eigenvalue weighted by Crippen LogP contribution is -2.53. The first kappa shape index (κ1) is 21.9. The van der Waals surface area contributed by atoms with E-state index in [4.69, 9.17) is 9.47 Å². The number of aromatic nitrogens is 4. The van der Waals surface area contributed by atoms with Crippen LogP contribution in [0.4, 0.5) is 11.8 Å². The van der Waals surface area contributed by atoms with Gasteiger partial charge in [-0.2, -0.15) is 0 Å². The van der Waals surface area contributed by atoms with E-state index in [-0.39, 0.29) is 6.04 Å². The molecule has 0 N–H and O–H groups in total. The molecule has 1 saturated heterocycles.